The summed E-state index contributed by atoms with van der Waals surface area (Å²) in [6.45, 7) is 6.37. The van der Waals surface area contributed by atoms with E-state index in [0.29, 0.717) is 25.7 Å². The number of esters is 2. The number of rotatable bonds is 36. The van der Waals surface area contributed by atoms with Crippen LogP contribution in [0.15, 0.2) is 24.3 Å². The van der Waals surface area contributed by atoms with Crippen LogP contribution < -0.4 is 0 Å². The van der Waals surface area contributed by atoms with E-state index in [0.717, 1.165) is 51.4 Å². The quantitative estimate of drug-likeness (QED) is 0.0177. The van der Waals surface area contributed by atoms with E-state index in [1.165, 1.54) is 116 Å². The van der Waals surface area contributed by atoms with Crippen molar-refractivity contribution >= 4 is 11.9 Å². The number of allylic oxidation sites excluding steroid dienone is 4. The maximum atomic E-state index is 12.9. The number of nitrogens with zero attached hydrogens (tertiary/aromatic N) is 1. The van der Waals surface area contributed by atoms with Crippen molar-refractivity contribution in [2.75, 3.05) is 20.7 Å². The minimum absolute atomic E-state index is 0.133. The molecule has 1 N–H and O–H groups in total. The van der Waals surface area contributed by atoms with Crippen LogP contribution in [0.2, 0.25) is 0 Å². The first kappa shape index (κ1) is 47.3. The molecule has 1 atom stereocenters. The van der Waals surface area contributed by atoms with Crippen LogP contribution in [-0.2, 0) is 19.1 Å². The van der Waals surface area contributed by atoms with Crippen LogP contribution in [0.25, 0.3) is 0 Å². The summed E-state index contributed by atoms with van der Waals surface area (Å²) in [6.07, 6.45) is 42.5. The molecule has 0 aromatic heterocycles. The Hall–Kier alpha value is -1.66. The third-order valence-electron chi connectivity index (χ3n) is 9.69. The van der Waals surface area contributed by atoms with Gasteiger partial charge in [-0.05, 0) is 70.6 Å². The van der Waals surface area contributed by atoms with Crippen molar-refractivity contribution in [3.05, 3.63) is 24.3 Å². The first-order valence-corrected chi connectivity index (χ1v) is 21.0. The molecular formula is C43H82NO5+. The molecule has 0 saturated carbocycles. The molecule has 0 aromatic rings. The molecule has 0 aliphatic carbocycles. The van der Waals surface area contributed by atoms with Gasteiger partial charge in [0.15, 0.2) is 6.61 Å². The Labute approximate surface area is 304 Å². The molecule has 0 aliphatic rings. The van der Waals surface area contributed by atoms with Gasteiger partial charge in [0, 0.05) is 19.3 Å². The summed E-state index contributed by atoms with van der Waals surface area (Å²) < 4.78 is 11.0. The normalized spacial score (nSPS) is 13.3. The summed E-state index contributed by atoms with van der Waals surface area (Å²) in [7, 11) is 3.17. The van der Waals surface area contributed by atoms with Crippen molar-refractivity contribution < 1.29 is 28.9 Å². The zero-order valence-electron chi connectivity index (χ0n) is 33.3. The second-order valence-electron chi connectivity index (χ2n) is 14.9. The molecule has 288 valence electrons. The lowest BCUT2D eigenvalue weighted by atomic mass is 10.1. The number of ether oxygens (including phenoxy) is 2. The highest BCUT2D eigenvalue weighted by Gasteiger charge is 2.50. The minimum atomic E-state index is -1.30. The second kappa shape index (κ2) is 33.5. The Morgan fingerprint density at radius 2 is 0.857 bits per heavy atom. The number of hydrogen-bond donors (Lipinski definition) is 1. The Kier molecular flexibility index (Phi) is 32.3. The Morgan fingerprint density at radius 3 is 1.22 bits per heavy atom. The van der Waals surface area contributed by atoms with E-state index in [9.17, 15) is 14.8 Å². The van der Waals surface area contributed by atoms with Gasteiger partial charge in [-0.3, -0.25) is 9.59 Å². The van der Waals surface area contributed by atoms with Crippen LogP contribution in [0, 0.1) is 0 Å². The van der Waals surface area contributed by atoms with Gasteiger partial charge in [-0.2, -0.15) is 0 Å². The number of unbranched alkanes of at least 4 members (excludes halogenated alkanes) is 22. The number of quaternary nitrogens is 1. The monoisotopic (exact) mass is 693 g/mol. The first-order chi connectivity index (χ1) is 23.7. The van der Waals surface area contributed by atoms with Crippen molar-refractivity contribution in [1.29, 1.82) is 0 Å². The van der Waals surface area contributed by atoms with E-state index in [4.69, 9.17) is 9.47 Å². The highest BCUT2D eigenvalue weighted by molar-refractivity contribution is 5.70. The Balaban J connectivity index is 4.19. The standard InChI is InChI=1S/C43H82NO5/c1-6-9-11-13-15-17-19-21-23-25-27-29-31-33-35-37-41(45)48-40-43(39-8-3,44(4,5)47)49-42(46)38-36-34-32-30-28-26-24-22-20-18-16-14-12-10-7-2/h21-24,47H,6-20,25-40H2,1-5H3/q+1/b23-21-,24-22-. The highest BCUT2D eigenvalue weighted by Crippen LogP contribution is 2.28. The predicted octanol–water partition coefficient (Wildman–Crippen LogP) is 13.1. The van der Waals surface area contributed by atoms with Gasteiger partial charge in [0.1, 0.15) is 14.1 Å². The van der Waals surface area contributed by atoms with Crippen LogP contribution in [-0.4, -0.2) is 48.2 Å². The molecule has 49 heavy (non-hydrogen) atoms. The SMILES string of the molecule is CCCCCCCC/C=C\CCCCCCCC(=O)OCC(CCC)(OC(=O)CCCCCCC/C=C\CCCCCCCC)[N+](C)(C)O. The molecule has 1 unspecified atom stereocenters. The molecule has 6 nitrogen and oxygen atoms in total. The average Bonchev–Trinajstić information content (AvgIpc) is 3.06. The third-order valence-corrected chi connectivity index (χ3v) is 9.69. The summed E-state index contributed by atoms with van der Waals surface area (Å²) >= 11 is 0. The molecule has 0 bridgehead atoms. The van der Waals surface area contributed by atoms with Crippen molar-refractivity contribution in [3.63, 3.8) is 0 Å². The van der Waals surface area contributed by atoms with E-state index in [-0.39, 0.29) is 18.5 Å². The summed E-state index contributed by atoms with van der Waals surface area (Å²) in [4.78, 5) is 25.5. The fourth-order valence-corrected chi connectivity index (χ4v) is 6.30. The fourth-order valence-electron chi connectivity index (χ4n) is 6.30. The molecule has 6 heteroatoms. The van der Waals surface area contributed by atoms with Crippen LogP contribution in [0.5, 0.6) is 0 Å². The smallest absolute Gasteiger partial charge is 0.310 e. The molecule has 0 aliphatic heterocycles. The highest BCUT2D eigenvalue weighted by atomic mass is 16.7. The summed E-state index contributed by atoms with van der Waals surface area (Å²) in [5, 5.41) is 11.0. The topological polar surface area (TPSA) is 72.8 Å². The Morgan fingerprint density at radius 1 is 0.510 bits per heavy atom. The van der Waals surface area contributed by atoms with Crippen LogP contribution in [0.4, 0.5) is 0 Å². The zero-order chi connectivity index (χ0) is 36.3. The average molecular weight is 693 g/mol. The van der Waals surface area contributed by atoms with Crippen LogP contribution in [0.1, 0.15) is 213 Å². The maximum absolute atomic E-state index is 12.9. The van der Waals surface area contributed by atoms with Gasteiger partial charge in [0.05, 0.1) is 0 Å². The van der Waals surface area contributed by atoms with E-state index >= 15 is 0 Å². The number of likely N-dealkylation sites (N-methyl/N-ethyl adjacent to an activating group) is 1. The van der Waals surface area contributed by atoms with Gasteiger partial charge in [-0.15, -0.1) is 4.65 Å². The number of carbonyl (C=O) groups is 2. The summed E-state index contributed by atoms with van der Waals surface area (Å²) in [6, 6.07) is 0. The molecule has 0 radical (unpaired) electrons. The molecule has 0 aromatic carbocycles. The number of hydroxylamine groups is 3. The van der Waals surface area contributed by atoms with Gasteiger partial charge in [-0.1, -0.05) is 148 Å². The van der Waals surface area contributed by atoms with E-state index in [2.05, 4.69) is 38.2 Å². The van der Waals surface area contributed by atoms with Crippen molar-refractivity contribution in [3.8, 4) is 0 Å². The predicted molar refractivity (Wildman–Crippen MR) is 207 cm³/mol. The minimum Gasteiger partial charge on any atom is -0.455 e. The molecule has 0 heterocycles. The summed E-state index contributed by atoms with van der Waals surface area (Å²) in [5.41, 5.74) is -1.30. The van der Waals surface area contributed by atoms with Gasteiger partial charge in [0.25, 0.3) is 0 Å². The fraction of sp³-hybridized carbons (Fsp3) is 0.860. The van der Waals surface area contributed by atoms with Crippen molar-refractivity contribution in [2.24, 2.45) is 0 Å². The second-order valence-corrected chi connectivity index (χ2v) is 14.9. The molecule has 0 fully saturated rings. The van der Waals surface area contributed by atoms with E-state index in [1.807, 2.05) is 6.92 Å². The van der Waals surface area contributed by atoms with Crippen LogP contribution >= 0.6 is 0 Å². The van der Waals surface area contributed by atoms with Crippen molar-refractivity contribution in [2.45, 2.75) is 219 Å². The van der Waals surface area contributed by atoms with E-state index < -0.39 is 10.4 Å². The molecular weight excluding hydrogens is 610 g/mol. The van der Waals surface area contributed by atoms with Gasteiger partial charge < -0.3 is 9.47 Å². The maximum Gasteiger partial charge on any atom is 0.310 e. The molecule has 0 amide bonds. The molecule has 0 rings (SSSR count). The van der Waals surface area contributed by atoms with E-state index in [1.54, 1.807) is 14.1 Å². The van der Waals surface area contributed by atoms with Gasteiger partial charge in [0.2, 0.25) is 0 Å². The lowest BCUT2D eigenvalue weighted by Gasteiger charge is -2.40. The van der Waals surface area contributed by atoms with Gasteiger partial charge >= 0.3 is 17.7 Å². The van der Waals surface area contributed by atoms with Crippen LogP contribution in [0.3, 0.4) is 0 Å². The zero-order valence-corrected chi connectivity index (χ0v) is 33.3. The molecule has 0 saturated heterocycles. The Bertz CT molecular complexity index is 818. The number of carbonyl (C=O) groups excluding carboxylic acids is 2. The molecule has 0 spiro atoms. The summed E-state index contributed by atoms with van der Waals surface area (Å²) in [5.74, 6) is -0.625. The lowest BCUT2D eigenvalue weighted by Crippen LogP contribution is -2.62. The number of hydrogen-bond acceptors (Lipinski definition) is 5. The largest absolute Gasteiger partial charge is 0.455 e. The van der Waals surface area contributed by atoms with Crippen molar-refractivity contribution in [1.82, 2.24) is 0 Å². The third kappa shape index (κ3) is 28.7. The first-order valence-electron chi connectivity index (χ1n) is 21.0. The van der Waals surface area contributed by atoms with Gasteiger partial charge in [-0.25, -0.2) is 5.21 Å². The lowest BCUT2D eigenvalue weighted by molar-refractivity contribution is -1.13.